The maximum absolute atomic E-state index is 14.4. The first-order chi connectivity index (χ1) is 14.1. The first-order valence-electron chi connectivity index (χ1n) is 8.66. The zero-order valence-corrected chi connectivity index (χ0v) is 17.6. The lowest BCUT2D eigenvalue weighted by atomic mass is 10.0. The van der Waals surface area contributed by atoms with Crippen LogP contribution in [0.4, 0.5) is 14.5 Å². The number of benzene rings is 2. The lowest BCUT2D eigenvalue weighted by molar-refractivity contribution is -0.144. The van der Waals surface area contributed by atoms with Crippen LogP contribution in [0.1, 0.15) is 24.9 Å². The fourth-order valence-corrected chi connectivity index (χ4v) is 3.28. The molecule has 0 aliphatic carbocycles. The van der Waals surface area contributed by atoms with Crippen LogP contribution in [0.2, 0.25) is 10.0 Å². The van der Waals surface area contributed by atoms with E-state index >= 15 is 0 Å². The Labute approximate surface area is 181 Å². The van der Waals surface area contributed by atoms with Crippen LogP contribution in [-0.4, -0.2) is 36.3 Å². The highest BCUT2D eigenvalue weighted by atomic mass is 35.5. The summed E-state index contributed by atoms with van der Waals surface area (Å²) in [6.45, 7) is 0.608. The lowest BCUT2D eigenvalue weighted by Gasteiger charge is -2.30. The molecule has 10 heteroatoms. The highest BCUT2D eigenvalue weighted by molar-refractivity contribution is 6.39. The average Bonchev–Trinajstić information content (AvgIpc) is 2.67. The summed E-state index contributed by atoms with van der Waals surface area (Å²) in [4.78, 5) is 37.7. The van der Waals surface area contributed by atoms with Crippen LogP contribution in [0.15, 0.2) is 36.4 Å². The van der Waals surface area contributed by atoms with Crippen LogP contribution in [0.5, 0.6) is 0 Å². The highest BCUT2D eigenvalue weighted by Crippen LogP contribution is 2.31. The van der Waals surface area contributed by atoms with Gasteiger partial charge >= 0.3 is 5.97 Å². The van der Waals surface area contributed by atoms with Crippen molar-refractivity contribution in [1.82, 2.24) is 4.90 Å². The zero-order valence-electron chi connectivity index (χ0n) is 16.0. The maximum Gasteiger partial charge on any atom is 0.307 e. The molecular formula is C20H18Cl2F2N2O4. The minimum Gasteiger partial charge on any atom is -0.469 e. The van der Waals surface area contributed by atoms with Gasteiger partial charge in [-0.1, -0.05) is 35.3 Å². The first-order valence-corrected chi connectivity index (χ1v) is 9.42. The largest absolute Gasteiger partial charge is 0.469 e. The SMILES string of the molecule is COC(=O)CC(c1ccc(F)cc1F)N(CC(=O)Nc1c(Cl)cccc1Cl)C(C)=O. The van der Waals surface area contributed by atoms with E-state index in [9.17, 15) is 23.2 Å². The molecule has 6 nitrogen and oxygen atoms in total. The molecule has 0 spiro atoms. The molecule has 1 atom stereocenters. The van der Waals surface area contributed by atoms with Gasteiger partial charge in [-0.05, 0) is 18.2 Å². The molecule has 0 aliphatic heterocycles. The Bertz CT molecular complexity index is 952. The quantitative estimate of drug-likeness (QED) is 0.625. The van der Waals surface area contributed by atoms with E-state index in [0.29, 0.717) is 6.07 Å². The molecule has 160 valence electrons. The number of nitrogens with zero attached hydrogens (tertiary/aromatic N) is 1. The Hall–Kier alpha value is -2.71. The summed E-state index contributed by atoms with van der Waals surface area (Å²) >= 11 is 12.1. The minimum absolute atomic E-state index is 0.138. The van der Waals surface area contributed by atoms with Gasteiger partial charge in [-0.2, -0.15) is 0 Å². The Kier molecular flexibility index (Phi) is 8.14. The Balaban J connectivity index is 2.35. The standard InChI is InChI=1S/C20H18Cl2F2N2O4/c1-11(27)26(10-18(28)25-20-14(21)4-3-5-15(20)22)17(9-19(29)30-2)13-7-6-12(23)8-16(13)24/h3-8,17H,9-10H2,1-2H3,(H,25,28). The molecule has 0 radical (unpaired) electrons. The van der Waals surface area contributed by atoms with Crippen molar-refractivity contribution < 1.29 is 27.9 Å². The smallest absolute Gasteiger partial charge is 0.307 e. The molecule has 0 saturated heterocycles. The third kappa shape index (κ3) is 5.90. The summed E-state index contributed by atoms with van der Waals surface area (Å²) in [6.07, 6.45) is -0.446. The Morgan fingerprint density at radius 3 is 2.30 bits per heavy atom. The molecule has 0 saturated carbocycles. The van der Waals surface area contributed by atoms with E-state index in [-0.39, 0.29) is 21.3 Å². The molecule has 2 rings (SSSR count). The molecule has 0 aliphatic rings. The molecule has 0 fully saturated rings. The second-order valence-corrected chi connectivity index (χ2v) is 7.07. The fraction of sp³-hybridized carbons (Fsp3) is 0.250. The van der Waals surface area contributed by atoms with Crippen molar-refractivity contribution in [2.75, 3.05) is 19.0 Å². The topological polar surface area (TPSA) is 75.7 Å². The molecule has 2 amide bonds. The number of hydrogen-bond acceptors (Lipinski definition) is 4. The van der Waals surface area contributed by atoms with E-state index in [1.165, 1.54) is 12.1 Å². The normalized spacial score (nSPS) is 11.5. The molecule has 2 aromatic carbocycles. The maximum atomic E-state index is 14.4. The Morgan fingerprint density at radius 1 is 1.13 bits per heavy atom. The van der Waals surface area contributed by atoms with E-state index in [0.717, 1.165) is 31.1 Å². The number of para-hydroxylation sites is 1. The summed E-state index contributed by atoms with van der Waals surface area (Å²) in [6, 6.07) is 6.14. The molecule has 1 unspecified atom stereocenters. The van der Waals surface area contributed by atoms with E-state index in [1.807, 2.05) is 0 Å². The van der Waals surface area contributed by atoms with Crippen molar-refractivity contribution >= 4 is 46.7 Å². The van der Waals surface area contributed by atoms with Gasteiger partial charge in [0.25, 0.3) is 0 Å². The second kappa shape index (κ2) is 10.4. The van der Waals surface area contributed by atoms with Crippen LogP contribution < -0.4 is 5.32 Å². The number of amides is 2. The van der Waals surface area contributed by atoms with Crippen molar-refractivity contribution in [2.24, 2.45) is 0 Å². The summed E-state index contributed by atoms with van der Waals surface area (Å²) in [5.41, 5.74) is 0.00684. The first kappa shape index (κ1) is 23.6. The number of esters is 1. The van der Waals surface area contributed by atoms with Crippen LogP contribution in [0.3, 0.4) is 0 Å². The average molecular weight is 459 g/mol. The van der Waals surface area contributed by atoms with Gasteiger partial charge in [-0.25, -0.2) is 8.78 Å². The van der Waals surface area contributed by atoms with Gasteiger partial charge in [0.15, 0.2) is 0 Å². The van der Waals surface area contributed by atoms with Gasteiger partial charge in [-0.15, -0.1) is 0 Å². The summed E-state index contributed by atoms with van der Waals surface area (Å²) in [5.74, 6) is -3.84. The van der Waals surface area contributed by atoms with Gasteiger partial charge in [0, 0.05) is 18.6 Å². The number of halogens is 4. The van der Waals surface area contributed by atoms with Crippen molar-refractivity contribution in [3.63, 3.8) is 0 Å². The molecule has 0 heterocycles. The summed E-state index contributed by atoms with van der Waals surface area (Å²) in [7, 11) is 1.13. The number of nitrogens with one attached hydrogen (secondary N) is 1. The minimum atomic E-state index is -1.21. The van der Waals surface area contributed by atoms with Crippen molar-refractivity contribution in [3.05, 3.63) is 63.6 Å². The van der Waals surface area contributed by atoms with E-state index in [4.69, 9.17) is 23.2 Å². The number of anilines is 1. The van der Waals surface area contributed by atoms with E-state index in [2.05, 4.69) is 10.1 Å². The number of carbonyl (C=O) groups is 3. The van der Waals surface area contributed by atoms with E-state index < -0.39 is 48.4 Å². The Morgan fingerprint density at radius 2 is 1.77 bits per heavy atom. The summed E-state index contributed by atoms with van der Waals surface area (Å²) in [5, 5.41) is 2.86. The predicted octanol–water partition coefficient (Wildman–Crippen LogP) is 4.36. The summed E-state index contributed by atoms with van der Waals surface area (Å²) < 4.78 is 32.3. The van der Waals surface area contributed by atoms with Crippen LogP contribution in [0, 0.1) is 11.6 Å². The third-order valence-corrected chi connectivity index (χ3v) is 4.86. The van der Waals surface area contributed by atoms with Crippen LogP contribution in [-0.2, 0) is 19.1 Å². The third-order valence-electron chi connectivity index (χ3n) is 4.23. The molecule has 1 N–H and O–H groups in total. The highest BCUT2D eigenvalue weighted by Gasteiger charge is 2.30. The predicted molar refractivity (Wildman–Crippen MR) is 108 cm³/mol. The molecule has 0 bridgehead atoms. The number of carbonyl (C=O) groups excluding carboxylic acids is 3. The number of rotatable bonds is 7. The molecule has 2 aromatic rings. The van der Waals surface area contributed by atoms with Crippen LogP contribution in [0.25, 0.3) is 0 Å². The van der Waals surface area contributed by atoms with Crippen molar-refractivity contribution in [3.8, 4) is 0 Å². The van der Waals surface area contributed by atoms with Gasteiger partial charge in [0.05, 0.1) is 35.3 Å². The number of methoxy groups -OCH3 is 1. The molecular weight excluding hydrogens is 441 g/mol. The monoisotopic (exact) mass is 458 g/mol. The number of ether oxygens (including phenoxy) is 1. The van der Waals surface area contributed by atoms with Crippen molar-refractivity contribution in [1.29, 1.82) is 0 Å². The van der Waals surface area contributed by atoms with Gasteiger partial charge in [-0.3, -0.25) is 14.4 Å². The lowest BCUT2D eigenvalue weighted by Crippen LogP contribution is -2.40. The van der Waals surface area contributed by atoms with Gasteiger partial charge in [0.1, 0.15) is 18.2 Å². The van der Waals surface area contributed by atoms with Gasteiger partial charge < -0.3 is 15.0 Å². The number of hydrogen-bond donors (Lipinski definition) is 1. The molecule has 30 heavy (non-hydrogen) atoms. The van der Waals surface area contributed by atoms with Crippen molar-refractivity contribution in [2.45, 2.75) is 19.4 Å². The van der Waals surface area contributed by atoms with E-state index in [1.54, 1.807) is 6.07 Å². The fourth-order valence-electron chi connectivity index (χ4n) is 2.79. The van der Waals surface area contributed by atoms with Gasteiger partial charge in [0.2, 0.25) is 11.8 Å². The zero-order chi connectivity index (χ0) is 22.4. The second-order valence-electron chi connectivity index (χ2n) is 6.25. The van der Waals surface area contributed by atoms with Crippen LogP contribution >= 0.6 is 23.2 Å². The molecule has 0 aromatic heterocycles.